The summed E-state index contributed by atoms with van der Waals surface area (Å²) in [5.41, 5.74) is 5.84. The lowest BCUT2D eigenvalue weighted by molar-refractivity contribution is -0.134. The molecule has 1 unspecified atom stereocenters. The third-order valence-electron chi connectivity index (χ3n) is 3.45. The van der Waals surface area contributed by atoms with E-state index in [2.05, 4.69) is 4.90 Å². The van der Waals surface area contributed by atoms with Crippen molar-refractivity contribution in [3.8, 4) is 0 Å². The van der Waals surface area contributed by atoms with Gasteiger partial charge in [0, 0.05) is 33.3 Å². The molecule has 1 aliphatic heterocycles. The summed E-state index contributed by atoms with van der Waals surface area (Å²) in [6.45, 7) is 4.93. The third-order valence-corrected chi connectivity index (χ3v) is 3.45. The first kappa shape index (κ1) is 14.4. The van der Waals surface area contributed by atoms with Gasteiger partial charge in [-0.15, -0.1) is 0 Å². The van der Waals surface area contributed by atoms with Crippen molar-refractivity contribution >= 4 is 5.91 Å². The molecule has 0 radical (unpaired) electrons. The normalized spacial score (nSPS) is 20.2. The molecule has 100 valence electrons. The predicted octanol–water partition coefficient (Wildman–Crippen LogP) is -0.0972. The van der Waals surface area contributed by atoms with Crippen molar-refractivity contribution in [2.75, 3.05) is 40.4 Å². The Kier molecular flexibility index (Phi) is 5.88. The second-order valence-corrected chi connectivity index (χ2v) is 4.92. The summed E-state index contributed by atoms with van der Waals surface area (Å²) >= 11 is 0. The van der Waals surface area contributed by atoms with Crippen LogP contribution in [0.1, 0.15) is 19.8 Å². The van der Waals surface area contributed by atoms with Gasteiger partial charge in [0.15, 0.2) is 0 Å². The lowest BCUT2D eigenvalue weighted by Crippen LogP contribution is -2.47. The monoisotopic (exact) mass is 243 g/mol. The highest BCUT2D eigenvalue weighted by atomic mass is 16.5. The van der Waals surface area contributed by atoms with Crippen LogP contribution in [-0.2, 0) is 9.53 Å². The molecule has 0 saturated carbocycles. The minimum absolute atomic E-state index is 0.125. The van der Waals surface area contributed by atoms with Crippen molar-refractivity contribution in [1.29, 1.82) is 0 Å². The first-order valence-corrected chi connectivity index (χ1v) is 6.27. The van der Waals surface area contributed by atoms with Gasteiger partial charge in [0.2, 0.25) is 5.91 Å². The van der Waals surface area contributed by atoms with Crippen LogP contribution in [0.4, 0.5) is 0 Å². The Morgan fingerprint density at radius 2 is 2.12 bits per heavy atom. The number of hydrogen-bond donors (Lipinski definition) is 1. The Balaban J connectivity index is 2.33. The third kappa shape index (κ3) is 4.61. The number of nitrogens with two attached hydrogens (primary N) is 1. The molecule has 0 aromatic heterocycles. The minimum Gasteiger partial charge on any atom is -0.383 e. The van der Waals surface area contributed by atoms with Gasteiger partial charge in [-0.2, -0.15) is 0 Å². The highest BCUT2D eigenvalue weighted by Gasteiger charge is 2.21. The fourth-order valence-electron chi connectivity index (χ4n) is 2.01. The van der Waals surface area contributed by atoms with E-state index in [9.17, 15) is 4.79 Å². The van der Waals surface area contributed by atoms with Gasteiger partial charge in [0.1, 0.15) is 0 Å². The smallest absolute Gasteiger partial charge is 0.236 e. The lowest BCUT2D eigenvalue weighted by Gasteiger charge is -2.32. The standard InChI is InChI=1S/C12H25N3O2/c1-10(9-17-3)14(2)12(16)8-15-6-4-11(13)5-7-15/h10-11H,4-9,13H2,1-3H3. The molecule has 2 N–H and O–H groups in total. The summed E-state index contributed by atoms with van der Waals surface area (Å²) in [5.74, 6) is 0.157. The topological polar surface area (TPSA) is 58.8 Å². The van der Waals surface area contributed by atoms with E-state index in [-0.39, 0.29) is 11.9 Å². The zero-order chi connectivity index (χ0) is 12.8. The number of methoxy groups -OCH3 is 1. The molecule has 5 nitrogen and oxygen atoms in total. The van der Waals surface area contributed by atoms with E-state index in [4.69, 9.17) is 10.5 Å². The van der Waals surface area contributed by atoms with Gasteiger partial charge >= 0.3 is 0 Å². The van der Waals surface area contributed by atoms with Crippen LogP contribution in [0.3, 0.4) is 0 Å². The molecule has 1 saturated heterocycles. The van der Waals surface area contributed by atoms with Gasteiger partial charge in [-0.3, -0.25) is 9.69 Å². The summed E-state index contributed by atoms with van der Waals surface area (Å²) in [4.78, 5) is 16.0. The van der Waals surface area contributed by atoms with Gasteiger partial charge in [-0.25, -0.2) is 0 Å². The molecule has 1 fully saturated rings. The van der Waals surface area contributed by atoms with Crippen LogP contribution in [-0.4, -0.2) is 68.2 Å². The molecule has 0 spiro atoms. The van der Waals surface area contributed by atoms with Crippen LogP contribution in [0.2, 0.25) is 0 Å². The highest BCUT2D eigenvalue weighted by Crippen LogP contribution is 2.08. The van der Waals surface area contributed by atoms with Crippen LogP contribution in [0.25, 0.3) is 0 Å². The highest BCUT2D eigenvalue weighted by molar-refractivity contribution is 5.78. The van der Waals surface area contributed by atoms with Crippen LogP contribution in [0, 0.1) is 0 Å². The molecule has 17 heavy (non-hydrogen) atoms. The van der Waals surface area contributed by atoms with E-state index < -0.39 is 0 Å². The van der Waals surface area contributed by atoms with E-state index in [0.717, 1.165) is 25.9 Å². The lowest BCUT2D eigenvalue weighted by atomic mass is 10.1. The number of piperidine rings is 1. The van der Waals surface area contributed by atoms with Gasteiger partial charge in [-0.05, 0) is 19.8 Å². The van der Waals surface area contributed by atoms with E-state index in [1.807, 2.05) is 14.0 Å². The molecule has 0 aromatic carbocycles. The first-order chi connectivity index (χ1) is 8.04. The molecule has 1 rings (SSSR count). The van der Waals surface area contributed by atoms with E-state index >= 15 is 0 Å². The summed E-state index contributed by atoms with van der Waals surface area (Å²) in [6.07, 6.45) is 1.98. The molecule has 0 aliphatic carbocycles. The number of carbonyl (C=O) groups is 1. The van der Waals surface area contributed by atoms with Crippen LogP contribution in [0.5, 0.6) is 0 Å². The first-order valence-electron chi connectivity index (χ1n) is 6.27. The second kappa shape index (κ2) is 6.93. The van der Waals surface area contributed by atoms with E-state index in [0.29, 0.717) is 19.2 Å². The van der Waals surface area contributed by atoms with Crippen molar-refractivity contribution in [3.05, 3.63) is 0 Å². The molecule has 1 atom stereocenters. The maximum atomic E-state index is 12.0. The Morgan fingerprint density at radius 3 is 2.65 bits per heavy atom. The summed E-state index contributed by atoms with van der Waals surface area (Å²) in [6, 6.07) is 0.436. The van der Waals surface area contributed by atoms with Crippen LogP contribution >= 0.6 is 0 Å². The number of nitrogens with zero attached hydrogens (tertiary/aromatic N) is 2. The van der Waals surface area contributed by atoms with Gasteiger partial charge in [-0.1, -0.05) is 0 Å². The van der Waals surface area contributed by atoms with Crippen molar-refractivity contribution < 1.29 is 9.53 Å². The van der Waals surface area contributed by atoms with Gasteiger partial charge in [0.25, 0.3) is 0 Å². The zero-order valence-electron chi connectivity index (χ0n) is 11.2. The Hall–Kier alpha value is -0.650. The molecular formula is C12H25N3O2. The van der Waals surface area contributed by atoms with Crippen molar-refractivity contribution in [2.24, 2.45) is 5.73 Å². The SMILES string of the molecule is COCC(C)N(C)C(=O)CN1CCC(N)CC1. The zero-order valence-corrected chi connectivity index (χ0v) is 11.2. The Morgan fingerprint density at radius 1 is 1.53 bits per heavy atom. The van der Waals surface area contributed by atoms with Crippen LogP contribution in [0.15, 0.2) is 0 Å². The predicted molar refractivity (Wildman–Crippen MR) is 67.8 cm³/mol. The molecule has 1 aliphatic rings. The fourth-order valence-corrected chi connectivity index (χ4v) is 2.01. The average Bonchev–Trinajstić information content (AvgIpc) is 2.31. The Bertz CT molecular complexity index is 240. The molecule has 1 heterocycles. The maximum Gasteiger partial charge on any atom is 0.236 e. The number of carbonyl (C=O) groups excluding carboxylic acids is 1. The number of ether oxygens (including phenoxy) is 1. The minimum atomic E-state index is 0.125. The summed E-state index contributed by atoms with van der Waals surface area (Å²) in [7, 11) is 3.49. The van der Waals surface area contributed by atoms with Gasteiger partial charge in [0.05, 0.1) is 19.2 Å². The van der Waals surface area contributed by atoms with Gasteiger partial charge < -0.3 is 15.4 Å². The Labute approximate surface area is 104 Å². The van der Waals surface area contributed by atoms with Crippen molar-refractivity contribution in [3.63, 3.8) is 0 Å². The van der Waals surface area contributed by atoms with Crippen molar-refractivity contribution in [2.45, 2.75) is 31.8 Å². The average molecular weight is 243 g/mol. The summed E-state index contributed by atoms with van der Waals surface area (Å²) in [5, 5.41) is 0. The summed E-state index contributed by atoms with van der Waals surface area (Å²) < 4.78 is 5.05. The number of likely N-dealkylation sites (N-methyl/N-ethyl adjacent to an activating group) is 1. The number of amides is 1. The largest absolute Gasteiger partial charge is 0.383 e. The maximum absolute atomic E-state index is 12.0. The number of likely N-dealkylation sites (tertiary alicyclic amines) is 1. The quantitative estimate of drug-likeness (QED) is 0.733. The second-order valence-electron chi connectivity index (χ2n) is 4.92. The molecular weight excluding hydrogens is 218 g/mol. The fraction of sp³-hybridized carbons (Fsp3) is 0.917. The number of hydrogen-bond acceptors (Lipinski definition) is 4. The number of rotatable bonds is 5. The van der Waals surface area contributed by atoms with Crippen molar-refractivity contribution in [1.82, 2.24) is 9.80 Å². The van der Waals surface area contributed by atoms with E-state index in [1.54, 1.807) is 12.0 Å². The van der Waals surface area contributed by atoms with E-state index in [1.165, 1.54) is 0 Å². The molecule has 5 heteroatoms. The molecule has 0 aromatic rings. The molecule has 1 amide bonds. The van der Waals surface area contributed by atoms with Crippen LogP contribution < -0.4 is 5.73 Å². The molecule has 0 bridgehead atoms.